The molecule has 21 heavy (non-hydrogen) atoms. The number of para-hydroxylation sites is 3. The van der Waals surface area contributed by atoms with Crippen LogP contribution in [0.15, 0.2) is 48.5 Å². The van der Waals surface area contributed by atoms with Gasteiger partial charge in [-0.2, -0.15) is 0 Å². The van der Waals surface area contributed by atoms with Gasteiger partial charge in [-0.15, -0.1) is 0 Å². The SMILES string of the molecule is CCCNCc1ccccc1Oc1ccccc1OCC. The lowest BCUT2D eigenvalue weighted by molar-refractivity contribution is 0.321. The van der Waals surface area contributed by atoms with E-state index < -0.39 is 0 Å². The van der Waals surface area contributed by atoms with Gasteiger partial charge >= 0.3 is 0 Å². The molecular formula is C18H23NO2. The van der Waals surface area contributed by atoms with Gasteiger partial charge in [-0.1, -0.05) is 37.3 Å². The van der Waals surface area contributed by atoms with E-state index in [2.05, 4.69) is 18.3 Å². The Morgan fingerprint density at radius 1 is 0.857 bits per heavy atom. The van der Waals surface area contributed by atoms with Crippen molar-refractivity contribution in [2.45, 2.75) is 26.8 Å². The fraction of sp³-hybridized carbons (Fsp3) is 0.333. The Morgan fingerprint density at radius 3 is 2.24 bits per heavy atom. The van der Waals surface area contributed by atoms with E-state index in [1.54, 1.807) is 0 Å². The summed E-state index contributed by atoms with van der Waals surface area (Å²) in [5, 5.41) is 3.41. The number of nitrogens with one attached hydrogen (secondary N) is 1. The second-order valence-electron chi connectivity index (χ2n) is 4.77. The molecule has 2 aromatic carbocycles. The standard InChI is InChI=1S/C18H23NO2/c1-3-13-19-14-15-9-5-6-10-16(15)21-18-12-8-7-11-17(18)20-4-2/h5-12,19H,3-4,13-14H2,1-2H3. The van der Waals surface area contributed by atoms with E-state index >= 15 is 0 Å². The molecule has 1 N–H and O–H groups in total. The summed E-state index contributed by atoms with van der Waals surface area (Å²) in [5.41, 5.74) is 1.15. The fourth-order valence-electron chi connectivity index (χ4n) is 2.08. The van der Waals surface area contributed by atoms with Gasteiger partial charge < -0.3 is 14.8 Å². The van der Waals surface area contributed by atoms with Crippen LogP contribution in [0.2, 0.25) is 0 Å². The highest BCUT2D eigenvalue weighted by atomic mass is 16.5. The van der Waals surface area contributed by atoms with E-state index in [4.69, 9.17) is 9.47 Å². The summed E-state index contributed by atoms with van der Waals surface area (Å²) in [5.74, 6) is 2.40. The summed E-state index contributed by atoms with van der Waals surface area (Å²) in [6.45, 7) is 6.57. The van der Waals surface area contributed by atoms with Crippen LogP contribution in [-0.2, 0) is 6.54 Å². The first-order valence-corrected chi connectivity index (χ1v) is 7.53. The maximum atomic E-state index is 6.06. The van der Waals surface area contributed by atoms with Gasteiger partial charge in [0.1, 0.15) is 5.75 Å². The average molecular weight is 285 g/mol. The van der Waals surface area contributed by atoms with Crippen LogP contribution in [-0.4, -0.2) is 13.2 Å². The van der Waals surface area contributed by atoms with Gasteiger partial charge in [0.25, 0.3) is 0 Å². The first-order valence-electron chi connectivity index (χ1n) is 7.53. The van der Waals surface area contributed by atoms with Crippen LogP contribution < -0.4 is 14.8 Å². The molecule has 0 bridgehead atoms. The third-order valence-electron chi connectivity index (χ3n) is 3.08. The molecule has 0 saturated carbocycles. The number of hydrogen-bond donors (Lipinski definition) is 1. The summed E-state index contributed by atoms with van der Waals surface area (Å²) in [4.78, 5) is 0. The molecule has 3 heteroatoms. The van der Waals surface area contributed by atoms with Crippen molar-refractivity contribution in [1.82, 2.24) is 5.32 Å². The van der Waals surface area contributed by atoms with Crippen LogP contribution in [0.1, 0.15) is 25.8 Å². The third-order valence-corrected chi connectivity index (χ3v) is 3.08. The molecule has 0 aliphatic heterocycles. The Hall–Kier alpha value is -2.00. The molecule has 0 spiro atoms. The number of ether oxygens (including phenoxy) is 2. The predicted molar refractivity (Wildman–Crippen MR) is 86.1 cm³/mol. The Bertz CT molecular complexity index is 554. The molecule has 3 nitrogen and oxygen atoms in total. The maximum absolute atomic E-state index is 6.06. The normalized spacial score (nSPS) is 10.4. The maximum Gasteiger partial charge on any atom is 0.169 e. The first-order chi connectivity index (χ1) is 10.3. The van der Waals surface area contributed by atoms with Crippen LogP contribution in [0.4, 0.5) is 0 Å². The Morgan fingerprint density at radius 2 is 1.52 bits per heavy atom. The molecule has 0 amide bonds. The van der Waals surface area contributed by atoms with Gasteiger partial charge in [-0.05, 0) is 38.1 Å². The second kappa shape index (κ2) is 8.32. The van der Waals surface area contributed by atoms with Crippen LogP contribution >= 0.6 is 0 Å². The van der Waals surface area contributed by atoms with Crippen molar-refractivity contribution in [3.05, 3.63) is 54.1 Å². The third kappa shape index (κ3) is 4.50. The van der Waals surface area contributed by atoms with Crippen molar-refractivity contribution in [2.24, 2.45) is 0 Å². The van der Waals surface area contributed by atoms with Crippen LogP contribution in [0.25, 0.3) is 0 Å². The quantitative estimate of drug-likeness (QED) is 0.730. The zero-order valence-electron chi connectivity index (χ0n) is 12.8. The zero-order chi connectivity index (χ0) is 14.9. The molecule has 0 aliphatic rings. The van der Waals surface area contributed by atoms with E-state index in [0.29, 0.717) is 6.61 Å². The Balaban J connectivity index is 2.15. The lowest BCUT2D eigenvalue weighted by atomic mass is 10.2. The molecular weight excluding hydrogens is 262 g/mol. The molecule has 112 valence electrons. The van der Waals surface area contributed by atoms with Gasteiger partial charge in [0.2, 0.25) is 0 Å². The van der Waals surface area contributed by atoms with Crippen LogP contribution in [0, 0.1) is 0 Å². The highest BCUT2D eigenvalue weighted by Gasteiger charge is 2.08. The minimum absolute atomic E-state index is 0.625. The predicted octanol–water partition coefficient (Wildman–Crippen LogP) is 4.38. The number of rotatable bonds is 8. The molecule has 0 unspecified atom stereocenters. The highest BCUT2D eigenvalue weighted by Crippen LogP contribution is 2.32. The molecule has 0 saturated heterocycles. The summed E-state index contributed by atoms with van der Waals surface area (Å²) in [6.07, 6.45) is 1.12. The first kappa shape index (κ1) is 15.4. The van der Waals surface area contributed by atoms with Crippen molar-refractivity contribution in [1.29, 1.82) is 0 Å². The van der Waals surface area contributed by atoms with Crippen molar-refractivity contribution in [2.75, 3.05) is 13.2 Å². The number of benzene rings is 2. The summed E-state index contributed by atoms with van der Waals surface area (Å²) < 4.78 is 11.7. The average Bonchev–Trinajstić information content (AvgIpc) is 2.51. The lowest BCUT2D eigenvalue weighted by Crippen LogP contribution is -2.14. The summed E-state index contributed by atoms with van der Waals surface area (Å²) >= 11 is 0. The minimum Gasteiger partial charge on any atom is -0.490 e. The molecule has 2 rings (SSSR count). The van der Waals surface area contributed by atoms with Crippen molar-refractivity contribution in [3.63, 3.8) is 0 Å². The topological polar surface area (TPSA) is 30.5 Å². The van der Waals surface area contributed by atoms with E-state index in [9.17, 15) is 0 Å². The van der Waals surface area contributed by atoms with Gasteiger partial charge in [-0.3, -0.25) is 0 Å². The van der Waals surface area contributed by atoms with E-state index in [1.165, 1.54) is 0 Å². The van der Waals surface area contributed by atoms with Gasteiger partial charge in [0.15, 0.2) is 11.5 Å². The molecule has 0 aliphatic carbocycles. The highest BCUT2D eigenvalue weighted by molar-refractivity contribution is 5.44. The molecule has 0 atom stereocenters. The zero-order valence-corrected chi connectivity index (χ0v) is 12.8. The van der Waals surface area contributed by atoms with Crippen molar-refractivity contribution < 1.29 is 9.47 Å². The largest absolute Gasteiger partial charge is 0.490 e. The summed E-state index contributed by atoms with van der Waals surface area (Å²) in [6, 6.07) is 15.9. The Labute approximate surface area is 126 Å². The minimum atomic E-state index is 0.625. The molecule has 0 aromatic heterocycles. The van der Waals surface area contributed by atoms with Crippen LogP contribution in [0.3, 0.4) is 0 Å². The Kier molecular flexibility index (Phi) is 6.10. The molecule has 2 aromatic rings. The van der Waals surface area contributed by atoms with Crippen LogP contribution in [0.5, 0.6) is 17.2 Å². The molecule has 0 heterocycles. The van der Waals surface area contributed by atoms with E-state index in [-0.39, 0.29) is 0 Å². The van der Waals surface area contributed by atoms with E-state index in [0.717, 1.165) is 42.3 Å². The van der Waals surface area contributed by atoms with Gasteiger partial charge in [0.05, 0.1) is 6.61 Å². The second-order valence-corrected chi connectivity index (χ2v) is 4.77. The van der Waals surface area contributed by atoms with Crippen molar-refractivity contribution in [3.8, 4) is 17.2 Å². The fourth-order valence-corrected chi connectivity index (χ4v) is 2.08. The molecule has 0 radical (unpaired) electrons. The van der Waals surface area contributed by atoms with E-state index in [1.807, 2.05) is 49.4 Å². The molecule has 0 fully saturated rings. The summed E-state index contributed by atoms with van der Waals surface area (Å²) in [7, 11) is 0. The smallest absolute Gasteiger partial charge is 0.169 e. The van der Waals surface area contributed by atoms with Crippen molar-refractivity contribution >= 4 is 0 Å². The lowest BCUT2D eigenvalue weighted by Gasteiger charge is -2.14. The monoisotopic (exact) mass is 285 g/mol. The van der Waals surface area contributed by atoms with Gasteiger partial charge in [-0.25, -0.2) is 0 Å². The number of hydrogen-bond acceptors (Lipinski definition) is 3. The van der Waals surface area contributed by atoms with Gasteiger partial charge in [0, 0.05) is 12.1 Å².